The summed E-state index contributed by atoms with van der Waals surface area (Å²) < 4.78 is 33.0. The van der Waals surface area contributed by atoms with E-state index in [1.165, 1.54) is 12.1 Å². The highest BCUT2D eigenvalue weighted by atomic mass is 32.2. The summed E-state index contributed by atoms with van der Waals surface area (Å²) in [6.45, 7) is 0. The molecule has 0 heterocycles. The smallest absolute Gasteiger partial charge is 0.123 e. The van der Waals surface area contributed by atoms with Crippen molar-refractivity contribution in [2.45, 2.75) is 6.42 Å². The summed E-state index contributed by atoms with van der Waals surface area (Å²) in [5.74, 6) is -0.265. The van der Waals surface area contributed by atoms with Crippen LogP contribution in [-0.4, -0.2) is 14.5 Å². The normalized spacial score (nSPS) is 13.3. The van der Waals surface area contributed by atoms with Gasteiger partial charge in [-0.05, 0) is 24.1 Å². The van der Waals surface area contributed by atoms with Crippen molar-refractivity contribution in [2.24, 2.45) is 0 Å². The number of rotatable bonds is 4. The standard InChI is InChI=1S/C10H11FO2S/c11-10-6-3-5-9(8-10)4-1-2-7-14(12)13/h1-3,5-6,8H,4,7H2,(H,12,13)/p-1. The van der Waals surface area contributed by atoms with Gasteiger partial charge >= 0.3 is 0 Å². The van der Waals surface area contributed by atoms with E-state index >= 15 is 0 Å². The van der Waals surface area contributed by atoms with Crippen LogP contribution in [0.3, 0.4) is 0 Å². The predicted molar refractivity (Wildman–Crippen MR) is 53.0 cm³/mol. The lowest BCUT2D eigenvalue weighted by Gasteiger charge is -1.98. The van der Waals surface area contributed by atoms with Gasteiger partial charge in [-0.3, -0.25) is 4.21 Å². The highest BCUT2D eigenvalue weighted by Crippen LogP contribution is 2.04. The number of hydrogen-bond donors (Lipinski definition) is 0. The summed E-state index contributed by atoms with van der Waals surface area (Å²) >= 11 is -2.04. The molecule has 0 spiro atoms. The molecule has 1 aromatic rings. The zero-order valence-corrected chi connectivity index (χ0v) is 8.30. The van der Waals surface area contributed by atoms with Gasteiger partial charge in [0.1, 0.15) is 5.82 Å². The predicted octanol–water partition coefficient (Wildman–Crippen LogP) is 1.80. The lowest BCUT2D eigenvalue weighted by molar-refractivity contribution is 0.540. The lowest BCUT2D eigenvalue weighted by Crippen LogP contribution is -1.90. The van der Waals surface area contributed by atoms with Crippen LogP contribution >= 0.6 is 0 Å². The molecule has 0 radical (unpaired) electrons. The van der Waals surface area contributed by atoms with Gasteiger partial charge in [0, 0.05) is 5.75 Å². The molecule has 0 saturated heterocycles. The second-order valence-corrected chi connectivity index (χ2v) is 3.72. The van der Waals surface area contributed by atoms with Crippen molar-refractivity contribution in [3.8, 4) is 0 Å². The van der Waals surface area contributed by atoms with E-state index in [-0.39, 0.29) is 11.6 Å². The average Bonchev–Trinajstić information content (AvgIpc) is 2.12. The quantitative estimate of drug-likeness (QED) is 0.565. The minimum atomic E-state index is -2.04. The SMILES string of the molecule is O=S([O-])CC=CCc1cccc(F)c1. The van der Waals surface area contributed by atoms with Crippen LogP contribution in [-0.2, 0) is 17.5 Å². The first-order chi connectivity index (χ1) is 6.68. The van der Waals surface area contributed by atoms with Gasteiger partial charge in [-0.15, -0.1) is 0 Å². The third kappa shape index (κ3) is 4.30. The van der Waals surface area contributed by atoms with Crippen molar-refractivity contribution in [3.05, 3.63) is 47.8 Å². The molecule has 1 unspecified atom stereocenters. The first kappa shape index (κ1) is 11.1. The topological polar surface area (TPSA) is 40.1 Å². The zero-order valence-electron chi connectivity index (χ0n) is 7.48. The van der Waals surface area contributed by atoms with Crippen molar-refractivity contribution >= 4 is 11.1 Å². The molecule has 1 aromatic carbocycles. The van der Waals surface area contributed by atoms with Crippen LogP contribution in [0.4, 0.5) is 4.39 Å². The Hall–Kier alpha value is -1.00. The Morgan fingerprint density at radius 1 is 1.43 bits per heavy atom. The van der Waals surface area contributed by atoms with Gasteiger partial charge in [0.25, 0.3) is 0 Å². The minimum absolute atomic E-state index is 0.00924. The van der Waals surface area contributed by atoms with Gasteiger partial charge < -0.3 is 4.55 Å². The molecule has 4 heteroatoms. The van der Waals surface area contributed by atoms with Gasteiger partial charge in [0.15, 0.2) is 0 Å². The highest BCUT2D eigenvalue weighted by Gasteiger charge is 1.91. The van der Waals surface area contributed by atoms with E-state index in [9.17, 15) is 13.2 Å². The summed E-state index contributed by atoms with van der Waals surface area (Å²) in [6, 6.07) is 6.23. The molecule has 0 bridgehead atoms. The maximum Gasteiger partial charge on any atom is 0.123 e. The van der Waals surface area contributed by atoms with Crippen molar-refractivity contribution in [1.82, 2.24) is 0 Å². The Bertz CT molecular complexity index is 350. The first-order valence-electron chi connectivity index (χ1n) is 4.14. The molecule has 2 nitrogen and oxygen atoms in total. The summed E-state index contributed by atoms with van der Waals surface area (Å²) in [5.41, 5.74) is 0.831. The average molecular weight is 213 g/mol. The van der Waals surface area contributed by atoms with Crippen molar-refractivity contribution < 1.29 is 13.2 Å². The molecule has 0 aromatic heterocycles. The Balaban J connectivity index is 2.45. The first-order valence-corrected chi connectivity index (χ1v) is 5.38. The molecule has 1 atom stereocenters. The fourth-order valence-corrected chi connectivity index (χ4v) is 1.32. The Kier molecular flexibility index (Phi) is 4.49. The van der Waals surface area contributed by atoms with E-state index in [0.29, 0.717) is 6.42 Å². The van der Waals surface area contributed by atoms with Gasteiger partial charge in [-0.1, -0.05) is 35.4 Å². The molecule has 0 aliphatic carbocycles. The van der Waals surface area contributed by atoms with Crippen LogP contribution in [0.25, 0.3) is 0 Å². The summed E-state index contributed by atoms with van der Waals surface area (Å²) in [7, 11) is 0. The van der Waals surface area contributed by atoms with Gasteiger partial charge in [0.05, 0.1) is 0 Å². The number of allylic oxidation sites excluding steroid dienone is 1. The molecule has 0 saturated carbocycles. The third-order valence-corrected chi connectivity index (χ3v) is 2.11. The van der Waals surface area contributed by atoms with Crippen LogP contribution in [0.2, 0.25) is 0 Å². The van der Waals surface area contributed by atoms with E-state index < -0.39 is 11.1 Å². The molecule has 0 amide bonds. The van der Waals surface area contributed by atoms with Crippen LogP contribution in [0, 0.1) is 5.82 Å². The van der Waals surface area contributed by atoms with Crippen LogP contribution in [0.1, 0.15) is 5.56 Å². The summed E-state index contributed by atoms with van der Waals surface area (Å²) in [4.78, 5) is 0. The fourth-order valence-electron chi connectivity index (χ4n) is 1.03. The van der Waals surface area contributed by atoms with Crippen molar-refractivity contribution in [1.29, 1.82) is 0 Å². The number of halogens is 1. The zero-order chi connectivity index (χ0) is 10.4. The summed E-state index contributed by atoms with van der Waals surface area (Å²) in [6.07, 6.45) is 3.81. The third-order valence-electron chi connectivity index (χ3n) is 1.64. The van der Waals surface area contributed by atoms with Gasteiger partial charge in [0.2, 0.25) is 0 Å². The molecule has 0 aliphatic heterocycles. The Morgan fingerprint density at radius 2 is 2.21 bits per heavy atom. The van der Waals surface area contributed by atoms with E-state index in [1.54, 1.807) is 24.3 Å². The van der Waals surface area contributed by atoms with E-state index in [2.05, 4.69) is 0 Å². The molecule has 0 fully saturated rings. The number of benzene rings is 1. The second-order valence-electron chi connectivity index (χ2n) is 2.78. The Morgan fingerprint density at radius 3 is 2.86 bits per heavy atom. The second kappa shape index (κ2) is 5.67. The van der Waals surface area contributed by atoms with Crippen molar-refractivity contribution in [3.63, 3.8) is 0 Å². The van der Waals surface area contributed by atoms with Crippen molar-refractivity contribution in [2.75, 3.05) is 5.75 Å². The highest BCUT2D eigenvalue weighted by molar-refractivity contribution is 7.79. The van der Waals surface area contributed by atoms with Crippen LogP contribution in [0.5, 0.6) is 0 Å². The fraction of sp³-hybridized carbons (Fsp3) is 0.200. The monoisotopic (exact) mass is 213 g/mol. The molecular formula is C10H10FO2S-. The maximum atomic E-state index is 12.7. The molecule has 1 rings (SSSR count). The maximum absolute atomic E-state index is 12.7. The molecule has 0 N–H and O–H groups in total. The van der Waals surface area contributed by atoms with Crippen LogP contribution < -0.4 is 0 Å². The molecule has 14 heavy (non-hydrogen) atoms. The largest absolute Gasteiger partial charge is 0.772 e. The van der Waals surface area contributed by atoms with Gasteiger partial charge in [-0.2, -0.15) is 0 Å². The summed E-state index contributed by atoms with van der Waals surface area (Å²) in [5, 5.41) is 0. The van der Waals surface area contributed by atoms with E-state index in [0.717, 1.165) is 5.56 Å². The lowest BCUT2D eigenvalue weighted by atomic mass is 10.1. The van der Waals surface area contributed by atoms with E-state index in [4.69, 9.17) is 0 Å². The minimum Gasteiger partial charge on any atom is -0.772 e. The number of hydrogen-bond acceptors (Lipinski definition) is 2. The van der Waals surface area contributed by atoms with Gasteiger partial charge in [-0.25, -0.2) is 4.39 Å². The Labute approximate surface area is 84.7 Å². The van der Waals surface area contributed by atoms with Crippen LogP contribution in [0.15, 0.2) is 36.4 Å². The molecular weight excluding hydrogens is 203 g/mol. The molecule has 76 valence electrons. The molecule has 0 aliphatic rings. The van der Waals surface area contributed by atoms with E-state index in [1.807, 2.05) is 0 Å².